The van der Waals surface area contributed by atoms with Crippen molar-refractivity contribution in [3.8, 4) is 0 Å². The molecule has 0 saturated carbocycles. The highest BCUT2D eigenvalue weighted by molar-refractivity contribution is 5.68. The predicted molar refractivity (Wildman–Crippen MR) is 84.1 cm³/mol. The van der Waals surface area contributed by atoms with Crippen LogP contribution in [-0.4, -0.2) is 25.2 Å². The Kier molecular flexibility index (Phi) is 8.72. The lowest BCUT2D eigenvalue weighted by Gasteiger charge is -2.22. The second-order valence-corrected chi connectivity index (χ2v) is 4.98. The maximum Gasteiger partial charge on any atom is 0.305 e. The molecule has 0 aliphatic carbocycles. The number of nitrogens with zero attached hydrogens (tertiary/aromatic N) is 3. The van der Waals surface area contributed by atoms with E-state index in [9.17, 15) is 4.79 Å². The van der Waals surface area contributed by atoms with E-state index in [4.69, 9.17) is 10.3 Å². The normalized spacial score (nSPS) is 13.0. The lowest BCUT2D eigenvalue weighted by atomic mass is 10.0. The zero-order valence-electron chi connectivity index (χ0n) is 13.1. The molecule has 1 aromatic carbocycles. The average molecular weight is 305 g/mol. The molecule has 0 N–H and O–H groups in total. The summed E-state index contributed by atoms with van der Waals surface area (Å²) in [6.07, 6.45) is 2.12. The van der Waals surface area contributed by atoms with Gasteiger partial charge in [-0.25, -0.2) is 0 Å². The zero-order valence-corrected chi connectivity index (χ0v) is 13.1. The fraction of sp³-hybridized carbons (Fsp3) is 0.562. The summed E-state index contributed by atoms with van der Waals surface area (Å²) in [5.74, 6) is -0.252. The molecular formula is C16H23N3O3. The van der Waals surface area contributed by atoms with Gasteiger partial charge in [0.05, 0.1) is 25.9 Å². The highest BCUT2D eigenvalue weighted by Crippen LogP contribution is 2.17. The maximum atomic E-state index is 11.1. The fourth-order valence-corrected chi connectivity index (χ4v) is 2.22. The molecule has 0 radical (unpaired) electrons. The summed E-state index contributed by atoms with van der Waals surface area (Å²) in [6.45, 7) is 2.48. The van der Waals surface area contributed by atoms with E-state index in [2.05, 4.69) is 14.8 Å². The number of rotatable bonds is 10. The zero-order chi connectivity index (χ0) is 16.2. The second kappa shape index (κ2) is 10.7. The van der Waals surface area contributed by atoms with E-state index in [1.54, 1.807) is 0 Å². The van der Waals surface area contributed by atoms with Crippen molar-refractivity contribution in [2.75, 3.05) is 7.11 Å². The first-order valence-corrected chi connectivity index (χ1v) is 7.47. The third-order valence-corrected chi connectivity index (χ3v) is 3.45. The number of esters is 1. The van der Waals surface area contributed by atoms with Gasteiger partial charge >= 0.3 is 5.97 Å². The van der Waals surface area contributed by atoms with E-state index in [0.29, 0.717) is 25.9 Å². The van der Waals surface area contributed by atoms with Gasteiger partial charge in [0.1, 0.15) is 0 Å². The van der Waals surface area contributed by atoms with Crippen molar-refractivity contribution in [3.63, 3.8) is 0 Å². The van der Waals surface area contributed by atoms with Gasteiger partial charge in [-0.15, -0.1) is 0 Å². The molecule has 0 spiro atoms. The molecule has 0 aliphatic heterocycles. The van der Waals surface area contributed by atoms with Crippen LogP contribution in [0, 0.1) is 0 Å². The Morgan fingerprint density at radius 3 is 2.68 bits per heavy atom. The lowest BCUT2D eigenvalue weighted by molar-refractivity contribution is -0.140. The van der Waals surface area contributed by atoms with Gasteiger partial charge in [0.15, 0.2) is 0 Å². The van der Waals surface area contributed by atoms with Crippen LogP contribution in [0.3, 0.4) is 0 Å². The molecule has 0 aromatic heterocycles. The summed E-state index contributed by atoms with van der Waals surface area (Å²) in [5, 5.41) is 3.83. The van der Waals surface area contributed by atoms with Gasteiger partial charge < -0.3 is 9.47 Å². The highest BCUT2D eigenvalue weighted by Gasteiger charge is 2.20. The molecule has 0 amide bonds. The van der Waals surface area contributed by atoms with Gasteiger partial charge in [0.25, 0.3) is 0 Å². The van der Waals surface area contributed by atoms with Crippen molar-refractivity contribution in [2.45, 2.75) is 51.4 Å². The van der Waals surface area contributed by atoms with Crippen LogP contribution in [0.1, 0.15) is 38.2 Å². The number of methoxy groups -OCH3 is 1. The summed E-state index contributed by atoms with van der Waals surface area (Å²) >= 11 is 0. The standard InChI is InChI=1S/C16H23N3O3/c1-3-15(22-12-13-8-5-4-6-9-13)14(18-19-17)10-7-11-16(20)21-2/h4-6,8-9,14-15H,3,7,10-12H2,1-2H3/t14?,15-/m1/s1. The third-order valence-electron chi connectivity index (χ3n) is 3.45. The van der Waals surface area contributed by atoms with Crippen LogP contribution >= 0.6 is 0 Å². The highest BCUT2D eigenvalue weighted by atomic mass is 16.5. The van der Waals surface area contributed by atoms with E-state index in [-0.39, 0.29) is 18.1 Å². The van der Waals surface area contributed by atoms with Crippen LogP contribution in [0.5, 0.6) is 0 Å². The molecule has 0 saturated heterocycles. The predicted octanol–water partition coefficient (Wildman–Crippen LogP) is 4.00. The van der Waals surface area contributed by atoms with Crippen molar-refractivity contribution in [2.24, 2.45) is 5.11 Å². The summed E-state index contributed by atoms with van der Waals surface area (Å²) in [6, 6.07) is 9.58. The summed E-state index contributed by atoms with van der Waals surface area (Å²) in [5.41, 5.74) is 9.81. The monoisotopic (exact) mass is 305 g/mol. The molecule has 0 aliphatic rings. The number of hydrogen-bond acceptors (Lipinski definition) is 4. The van der Waals surface area contributed by atoms with E-state index in [0.717, 1.165) is 12.0 Å². The molecular weight excluding hydrogens is 282 g/mol. The molecule has 2 atom stereocenters. The number of carbonyl (C=O) groups is 1. The smallest absolute Gasteiger partial charge is 0.305 e. The maximum absolute atomic E-state index is 11.1. The number of carbonyl (C=O) groups excluding carboxylic acids is 1. The molecule has 0 bridgehead atoms. The van der Waals surface area contributed by atoms with Crippen LogP contribution < -0.4 is 0 Å². The Bertz CT molecular complexity index is 487. The Hall–Kier alpha value is -2.04. The minimum absolute atomic E-state index is 0.159. The molecule has 1 unspecified atom stereocenters. The fourth-order valence-electron chi connectivity index (χ4n) is 2.22. The van der Waals surface area contributed by atoms with Gasteiger partial charge in [-0.1, -0.05) is 42.4 Å². The summed E-state index contributed by atoms with van der Waals surface area (Å²) in [7, 11) is 1.37. The Balaban J connectivity index is 2.53. The SMILES string of the molecule is CC[C@@H](OCc1ccccc1)C(CCCC(=O)OC)N=[N+]=[N-]. The molecule has 0 heterocycles. The van der Waals surface area contributed by atoms with Gasteiger partial charge in [0, 0.05) is 11.3 Å². The summed E-state index contributed by atoms with van der Waals surface area (Å²) < 4.78 is 10.5. The van der Waals surface area contributed by atoms with E-state index < -0.39 is 0 Å². The quantitative estimate of drug-likeness (QED) is 0.283. The van der Waals surface area contributed by atoms with Crippen LogP contribution in [0.25, 0.3) is 10.4 Å². The molecule has 22 heavy (non-hydrogen) atoms. The number of benzene rings is 1. The van der Waals surface area contributed by atoms with Crippen LogP contribution in [-0.2, 0) is 20.9 Å². The lowest BCUT2D eigenvalue weighted by Crippen LogP contribution is -2.27. The first kappa shape index (κ1) is 18.0. The average Bonchev–Trinajstić information content (AvgIpc) is 2.56. The van der Waals surface area contributed by atoms with Crippen molar-refractivity contribution in [1.29, 1.82) is 0 Å². The summed E-state index contributed by atoms with van der Waals surface area (Å²) in [4.78, 5) is 14.1. The largest absolute Gasteiger partial charge is 0.469 e. The van der Waals surface area contributed by atoms with E-state index in [1.807, 2.05) is 37.3 Å². The Morgan fingerprint density at radius 2 is 2.09 bits per heavy atom. The first-order chi connectivity index (χ1) is 10.7. The number of hydrogen-bond donors (Lipinski definition) is 0. The van der Waals surface area contributed by atoms with Crippen LogP contribution in [0.4, 0.5) is 0 Å². The van der Waals surface area contributed by atoms with Crippen LogP contribution in [0.2, 0.25) is 0 Å². The molecule has 6 heteroatoms. The third kappa shape index (κ3) is 6.61. The van der Waals surface area contributed by atoms with E-state index >= 15 is 0 Å². The topological polar surface area (TPSA) is 84.3 Å². The molecule has 6 nitrogen and oxygen atoms in total. The van der Waals surface area contributed by atoms with Gasteiger partial charge in [-0.05, 0) is 30.4 Å². The number of ether oxygens (including phenoxy) is 2. The molecule has 1 aromatic rings. The van der Waals surface area contributed by atoms with E-state index in [1.165, 1.54) is 7.11 Å². The molecule has 1 rings (SSSR count). The number of azide groups is 1. The van der Waals surface area contributed by atoms with Crippen molar-refractivity contribution in [1.82, 2.24) is 0 Å². The van der Waals surface area contributed by atoms with Crippen LogP contribution in [0.15, 0.2) is 35.4 Å². The second-order valence-electron chi connectivity index (χ2n) is 4.98. The molecule has 0 fully saturated rings. The van der Waals surface area contributed by atoms with Crippen molar-refractivity contribution in [3.05, 3.63) is 46.3 Å². The molecule has 120 valence electrons. The Morgan fingerprint density at radius 1 is 1.36 bits per heavy atom. The van der Waals surface area contributed by atoms with Gasteiger partial charge in [-0.3, -0.25) is 4.79 Å². The minimum Gasteiger partial charge on any atom is -0.469 e. The first-order valence-electron chi connectivity index (χ1n) is 7.47. The van der Waals surface area contributed by atoms with Gasteiger partial charge in [0.2, 0.25) is 0 Å². The van der Waals surface area contributed by atoms with Crippen molar-refractivity contribution >= 4 is 5.97 Å². The Labute approximate surface area is 131 Å². The van der Waals surface area contributed by atoms with Gasteiger partial charge in [-0.2, -0.15) is 0 Å². The minimum atomic E-state index is -0.275. The van der Waals surface area contributed by atoms with Crippen molar-refractivity contribution < 1.29 is 14.3 Å².